The predicted molar refractivity (Wildman–Crippen MR) is 115 cm³/mol. The Balaban J connectivity index is 1.55. The first kappa shape index (κ1) is 28.0. The van der Waals surface area contributed by atoms with Crippen LogP contribution in [-0.4, -0.2) is 35.0 Å². The molecule has 2 heterocycles. The number of carbonyl (C=O) groups is 1. The molecule has 0 bridgehead atoms. The molecule has 2 aliphatic rings. The summed E-state index contributed by atoms with van der Waals surface area (Å²) in [6.07, 6.45) is -16.2. The van der Waals surface area contributed by atoms with E-state index in [1.807, 2.05) is 0 Å². The fourth-order valence-corrected chi connectivity index (χ4v) is 4.44. The molecule has 5 nitrogen and oxygen atoms in total. The predicted octanol–water partition coefficient (Wildman–Crippen LogP) is 6.72. The maximum Gasteiger partial charge on any atom is 0.437 e. The van der Waals surface area contributed by atoms with E-state index in [1.54, 1.807) is 0 Å². The van der Waals surface area contributed by atoms with Gasteiger partial charge in [0.15, 0.2) is 0 Å². The number of amides is 1. The van der Waals surface area contributed by atoms with Crippen molar-refractivity contribution in [1.82, 2.24) is 10.3 Å². The van der Waals surface area contributed by atoms with Crippen LogP contribution in [0.25, 0.3) is 0 Å². The van der Waals surface area contributed by atoms with Crippen molar-refractivity contribution in [2.24, 2.45) is 11.1 Å². The average molecular weight is 574 g/mol. The normalized spacial score (nSPS) is 23.9. The van der Waals surface area contributed by atoms with Crippen LogP contribution in [0.1, 0.15) is 52.1 Å². The molecule has 0 spiro atoms. The van der Waals surface area contributed by atoms with Crippen LogP contribution >= 0.6 is 11.6 Å². The number of nitrogens with one attached hydrogen (secondary N) is 1. The van der Waals surface area contributed by atoms with E-state index in [-0.39, 0.29) is 35.2 Å². The lowest BCUT2D eigenvalue weighted by Gasteiger charge is -2.36. The number of benzene rings is 1. The van der Waals surface area contributed by atoms with E-state index in [9.17, 15) is 44.3 Å². The summed E-state index contributed by atoms with van der Waals surface area (Å²) >= 11 is 5.65. The summed E-state index contributed by atoms with van der Waals surface area (Å²) in [7, 11) is 0. The Morgan fingerprint density at radius 1 is 1.05 bits per heavy atom. The van der Waals surface area contributed by atoms with E-state index in [2.05, 4.69) is 15.5 Å². The lowest BCUT2D eigenvalue weighted by molar-refractivity contribution is -0.277. The SMILES string of the molecule is Cc1cc(C2=NOC(c3cc(Cl)cc(C(F)(F)F)n3)(C(F)(F)F)C2)ccc1C(=O)NC1CC(C(F)(F)F)C1. The van der Waals surface area contributed by atoms with Crippen molar-refractivity contribution >= 4 is 23.2 Å². The van der Waals surface area contributed by atoms with Crippen LogP contribution in [0, 0.1) is 12.8 Å². The second kappa shape index (κ2) is 9.31. The first-order chi connectivity index (χ1) is 17.4. The number of carbonyl (C=O) groups excluding carboxylic acids is 1. The Morgan fingerprint density at radius 3 is 2.26 bits per heavy atom. The molecule has 0 radical (unpaired) electrons. The minimum Gasteiger partial charge on any atom is -0.372 e. The molecule has 1 fully saturated rings. The van der Waals surface area contributed by atoms with Gasteiger partial charge >= 0.3 is 18.5 Å². The molecule has 1 N–H and O–H groups in total. The summed E-state index contributed by atoms with van der Waals surface area (Å²) in [6, 6.07) is 4.16. The fraction of sp³-hybridized carbons (Fsp3) is 0.435. The molecule has 38 heavy (non-hydrogen) atoms. The lowest BCUT2D eigenvalue weighted by atomic mass is 9.79. The third-order valence-electron chi connectivity index (χ3n) is 6.42. The maximum atomic E-state index is 14.2. The highest BCUT2D eigenvalue weighted by Crippen LogP contribution is 2.49. The quantitative estimate of drug-likeness (QED) is 0.413. The van der Waals surface area contributed by atoms with Crippen LogP contribution in [0.3, 0.4) is 0 Å². The Morgan fingerprint density at radius 2 is 1.71 bits per heavy atom. The Hall–Kier alpha value is -3.03. The van der Waals surface area contributed by atoms with Gasteiger partial charge in [-0.15, -0.1) is 0 Å². The summed E-state index contributed by atoms with van der Waals surface area (Å²) in [5, 5.41) is 5.32. The zero-order valence-corrected chi connectivity index (χ0v) is 19.9. The smallest absolute Gasteiger partial charge is 0.372 e. The van der Waals surface area contributed by atoms with Crippen LogP contribution in [0.4, 0.5) is 39.5 Å². The summed E-state index contributed by atoms with van der Waals surface area (Å²) in [6.45, 7) is 1.46. The summed E-state index contributed by atoms with van der Waals surface area (Å²) in [5.41, 5.74) is -5.95. The molecule has 4 rings (SSSR count). The molecule has 1 aliphatic carbocycles. The van der Waals surface area contributed by atoms with Crippen molar-refractivity contribution in [3.63, 3.8) is 0 Å². The van der Waals surface area contributed by atoms with E-state index < -0.39 is 64.8 Å². The topological polar surface area (TPSA) is 63.6 Å². The number of oxime groups is 1. The van der Waals surface area contributed by atoms with Crippen molar-refractivity contribution in [2.45, 2.75) is 56.4 Å². The molecule has 2 aromatic rings. The van der Waals surface area contributed by atoms with Crippen molar-refractivity contribution in [3.8, 4) is 0 Å². The van der Waals surface area contributed by atoms with Gasteiger partial charge in [-0.3, -0.25) is 4.79 Å². The second-order valence-corrected chi connectivity index (χ2v) is 9.53. The van der Waals surface area contributed by atoms with Crippen LogP contribution in [0.2, 0.25) is 5.02 Å². The van der Waals surface area contributed by atoms with E-state index >= 15 is 0 Å². The summed E-state index contributed by atoms with van der Waals surface area (Å²) in [4.78, 5) is 20.3. The first-order valence-corrected chi connectivity index (χ1v) is 11.3. The van der Waals surface area contributed by atoms with Gasteiger partial charge in [0, 0.05) is 16.6 Å². The van der Waals surface area contributed by atoms with Crippen LogP contribution in [-0.2, 0) is 16.6 Å². The van der Waals surface area contributed by atoms with Crippen LogP contribution in [0.15, 0.2) is 35.5 Å². The van der Waals surface area contributed by atoms with E-state index in [0.29, 0.717) is 12.1 Å². The fourth-order valence-electron chi connectivity index (χ4n) is 4.24. The van der Waals surface area contributed by atoms with Gasteiger partial charge in [0.2, 0.25) is 0 Å². The van der Waals surface area contributed by atoms with Crippen molar-refractivity contribution < 1.29 is 49.1 Å². The van der Waals surface area contributed by atoms with Gasteiger partial charge in [0.05, 0.1) is 23.7 Å². The monoisotopic (exact) mass is 573 g/mol. The Bertz CT molecular complexity index is 1280. The number of aromatic nitrogens is 1. The van der Waals surface area contributed by atoms with Crippen molar-refractivity contribution in [1.29, 1.82) is 0 Å². The van der Waals surface area contributed by atoms with Crippen molar-refractivity contribution in [3.05, 3.63) is 63.4 Å². The molecule has 1 aromatic heterocycles. The number of alkyl halides is 9. The molecule has 1 aliphatic heterocycles. The number of rotatable bonds is 4. The first-order valence-electron chi connectivity index (χ1n) is 11.0. The molecule has 1 unspecified atom stereocenters. The number of aryl methyl sites for hydroxylation is 1. The van der Waals surface area contributed by atoms with Gasteiger partial charge in [0.1, 0.15) is 5.69 Å². The Labute approximate surface area is 214 Å². The summed E-state index contributed by atoms with van der Waals surface area (Å²) < 4.78 is 120. The molecular formula is C23H17ClF9N3O2. The minimum absolute atomic E-state index is 0.0807. The maximum absolute atomic E-state index is 14.2. The standard InChI is InChI=1S/C23H17ClF9N3O2/c1-10-4-11(2-3-15(10)19(37)34-14-5-12(6-14)21(25,26)27)16-9-20(38-36-16,23(31,32)33)17-7-13(24)8-18(35-17)22(28,29)30/h2-4,7-8,12,14H,5-6,9H2,1H3,(H,34,37). The molecule has 206 valence electrons. The average Bonchev–Trinajstić information content (AvgIpc) is 3.21. The highest BCUT2D eigenvalue weighted by Gasteiger charge is 2.64. The van der Waals surface area contributed by atoms with Gasteiger partial charge < -0.3 is 10.2 Å². The molecule has 0 saturated heterocycles. The molecule has 1 aromatic carbocycles. The lowest BCUT2D eigenvalue weighted by Crippen LogP contribution is -2.49. The number of hydrogen-bond donors (Lipinski definition) is 1. The number of nitrogens with zero attached hydrogens (tertiary/aromatic N) is 2. The van der Waals surface area contributed by atoms with E-state index in [0.717, 1.165) is 0 Å². The highest BCUT2D eigenvalue weighted by atomic mass is 35.5. The molecule has 1 atom stereocenters. The van der Waals surface area contributed by atoms with Gasteiger partial charge in [0.25, 0.3) is 11.5 Å². The van der Waals surface area contributed by atoms with Gasteiger partial charge in [-0.25, -0.2) is 4.98 Å². The Kier molecular flexibility index (Phi) is 6.86. The summed E-state index contributed by atoms with van der Waals surface area (Å²) in [5.74, 6) is -2.15. The van der Waals surface area contributed by atoms with Crippen LogP contribution < -0.4 is 5.32 Å². The van der Waals surface area contributed by atoms with E-state index in [1.165, 1.54) is 25.1 Å². The van der Waals surface area contributed by atoms with Gasteiger partial charge in [-0.05, 0) is 55.2 Å². The molecule has 1 amide bonds. The third-order valence-corrected chi connectivity index (χ3v) is 6.64. The number of hydrogen-bond acceptors (Lipinski definition) is 4. The van der Waals surface area contributed by atoms with Crippen molar-refractivity contribution in [2.75, 3.05) is 0 Å². The minimum atomic E-state index is -5.25. The number of halogens is 10. The second-order valence-electron chi connectivity index (χ2n) is 9.09. The zero-order chi connectivity index (χ0) is 28.3. The van der Waals surface area contributed by atoms with E-state index in [4.69, 9.17) is 16.4 Å². The largest absolute Gasteiger partial charge is 0.437 e. The zero-order valence-electron chi connectivity index (χ0n) is 19.2. The highest BCUT2D eigenvalue weighted by molar-refractivity contribution is 6.30. The molecule has 1 saturated carbocycles. The molecular weight excluding hydrogens is 557 g/mol. The third kappa shape index (κ3) is 5.27. The van der Waals surface area contributed by atoms with Crippen LogP contribution in [0.5, 0.6) is 0 Å². The number of pyridine rings is 1. The molecule has 15 heteroatoms. The van der Waals surface area contributed by atoms with Gasteiger partial charge in [-0.1, -0.05) is 22.8 Å². The van der Waals surface area contributed by atoms with Gasteiger partial charge in [-0.2, -0.15) is 39.5 Å².